The van der Waals surface area contributed by atoms with Crippen molar-refractivity contribution in [3.05, 3.63) is 29.6 Å². The second kappa shape index (κ2) is 7.75. The van der Waals surface area contributed by atoms with E-state index in [4.69, 9.17) is 10.00 Å². The maximum Gasteiger partial charge on any atom is 0.255 e. The normalized spacial score (nSPS) is 18.9. The summed E-state index contributed by atoms with van der Waals surface area (Å²) >= 11 is 0. The molecule has 1 aliphatic heterocycles. The van der Waals surface area contributed by atoms with E-state index in [1.54, 1.807) is 19.2 Å². The lowest BCUT2D eigenvalue weighted by Crippen LogP contribution is -2.35. The molecule has 0 N–H and O–H groups in total. The van der Waals surface area contributed by atoms with Gasteiger partial charge in [-0.3, -0.25) is 4.79 Å². The highest BCUT2D eigenvalue weighted by molar-refractivity contribution is 5.94. The Morgan fingerprint density at radius 1 is 1.52 bits per heavy atom. The van der Waals surface area contributed by atoms with Crippen LogP contribution in [0.3, 0.4) is 0 Å². The van der Waals surface area contributed by atoms with Gasteiger partial charge in [0.1, 0.15) is 11.8 Å². The van der Waals surface area contributed by atoms with Crippen molar-refractivity contribution in [2.75, 3.05) is 26.8 Å². The highest BCUT2D eigenvalue weighted by Crippen LogP contribution is 2.21. The van der Waals surface area contributed by atoms with Crippen LogP contribution in [0, 0.1) is 17.2 Å². The Bertz CT molecular complexity index is 507. The molecule has 0 aromatic carbocycles. The molecule has 1 aromatic rings. The molecule has 1 saturated heterocycles. The molecule has 0 radical (unpaired) electrons. The summed E-state index contributed by atoms with van der Waals surface area (Å²) in [6.45, 7) is 2.32. The van der Waals surface area contributed by atoms with E-state index in [1.165, 1.54) is 6.20 Å². The van der Waals surface area contributed by atoms with Gasteiger partial charge in [-0.1, -0.05) is 6.42 Å². The standard InChI is InChI=1S/C16H21N3O2/c1-21-9-7-13-4-2-3-8-19(12-13)16(20)14-5-6-15(10-17)18-11-14/h5-6,11,13H,2-4,7-9,12H2,1H3. The number of hydrogen-bond acceptors (Lipinski definition) is 4. The molecule has 1 unspecified atom stereocenters. The minimum atomic E-state index is 0.0105. The molecule has 5 heteroatoms. The molecule has 2 rings (SSSR count). The first-order valence-electron chi connectivity index (χ1n) is 7.39. The molecule has 0 bridgehead atoms. The van der Waals surface area contributed by atoms with Crippen LogP contribution in [0.5, 0.6) is 0 Å². The summed E-state index contributed by atoms with van der Waals surface area (Å²) in [4.78, 5) is 18.4. The molecule has 0 saturated carbocycles. The first-order valence-corrected chi connectivity index (χ1v) is 7.39. The van der Waals surface area contributed by atoms with Crippen LogP contribution in [0.2, 0.25) is 0 Å². The monoisotopic (exact) mass is 287 g/mol. The van der Waals surface area contributed by atoms with Crippen molar-refractivity contribution in [2.24, 2.45) is 5.92 Å². The number of rotatable bonds is 4. The molecule has 1 atom stereocenters. The van der Waals surface area contributed by atoms with Crippen LogP contribution in [0.1, 0.15) is 41.7 Å². The number of carbonyl (C=O) groups is 1. The van der Waals surface area contributed by atoms with Crippen molar-refractivity contribution in [1.82, 2.24) is 9.88 Å². The molecule has 21 heavy (non-hydrogen) atoms. The van der Waals surface area contributed by atoms with E-state index in [1.807, 2.05) is 11.0 Å². The smallest absolute Gasteiger partial charge is 0.255 e. The highest BCUT2D eigenvalue weighted by atomic mass is 16.5. The molecule has 1 amide bonds. The molecular formula is C16H21N3O2. The molecule has 2 heterocycles. The lowest BCUT2D eigenvalue weighted by Gasteiger charge is -2.24. The fraction of sp³-hybridized carbons (Fsp3) is 0.562. The van der Waals surface area contributed by atoms with Crippen molar-refractivity contribution in [3.8, 4) is 6.07 Å². The topological polar surface area (TPSA) is 66.2 Å². The molecular weight excluding hydrogens is 266 g/mol. The third-order valence-corrected chi connectivity index (χ3v) is 3.91. The van der Waals surface area contributed by atoms with Crippen LogP contribution < -0.4 is 0 Å². The van der Waals surface area contributed by atoms with Crippen LogP contribution in [-0.4, -0.2) is 42.6 Å². The third-order valence-electron chi connectivity index (χ3n) is 3.91. The fourth-order valence-corrected chi connectivity index (χ4v) is 2.70. The van der Waals surface area contributed by atoms with Gasteiger partial charge in [-0.2, -0.15) is 5.26 Å². The Morgan fingerprint density at radius 3 is 3.05 bits per heavy atom. The molecule has 112 valence electrons. The lowest BCUT2D eigenvalue weighted by molar-refractivity contribution is 0.0727. The molecule has 0 spiro atoms. The molecule has 1 aromatic heterocycles. The van der Waals surface area contributed by atoms with Crippen molar-refractivity contribution < 1.29 is 9.53 Å². The van der Waals surface area contributed by atoms with Crippen molar-refractivity contribution in [1.29, 1.82) is 5.26 Å². The number of nitrogens with zero attached hydrogens (tertiary/aromatic N) is 3. The lowest BCUT2D eigenvalue weighted by atomic mass is 10.00. The maximum absolute atomic E-state index is 12.5. The summed E-state index contributed by atoms with van der Waals surface area (Å²) in [6, 6.07) is 5.24. The predicted molar refractivity (Wildman–Crippen MR) is 78.7 cm³/mol. The minimum absolute atomic E-state index is 0.0105. The first-order chi connectivity index (χ1) is 10.2. The van der Waals surface area contributed by atoms with Crippen LogP contribution in [0.25, 0.3) is 0 Å². The predicted octanol–water partition coefficient (Wildman–Crippen LogP) is 2.23. The van der Waals surface area contributed by atoms with Gasteiger partial charge in [0.25, 0.3) is 5.91 Å². The van der Waals surface area contributed by atoms with Crippen LogP contribution in [0.4, 0.5) is 0 Å². The zero-order valence-electron chi connectivity index (χ0n) is 12.4. The summed E-state index contributed by atoms with van der Waals surface area (Å²) in [5.74, 6) is 0.513. The summed E-state index contributed by atoms with van der Waals surface area (Å²) in [5.41, 5.74) is 0.891. The van der Waals surface area contributed by atoms with Crippen LogP contribution >= 0.6 is 0 Å². The van der Waals surface area contributed by atoms with E-state index < -0.39 is 0 Å². The number of ether oxygens (including phenoxy) is 1. The maximum atomic E-state index is 12.5. The number of likely N-dealkylation sites (tertiary alicyclic amines) is 1. The molecule has 5 nitrogen and oxygen atoms in total. The Kier molecular flexibility index (Phi) is 5.70. The van der Waals surface area contributed by atoms with Gasteiger partial charge in [0.2, 0.25) is 0 Å². The largest absolute Gasteiger partial charge is 0.385 e. The number of methoxy groups -OCH3 is 1. The Labute approximate surface area is 125 Å². The van der Waals surface area contributed by atoms with E-state index in [0.29, 0.717) is 17.2 Å². The zero-order chi connectivity index (χ0) is 15.1. The summed E-state index contributed by atoms with van der Waals surface area (Å²) < 4.78 is 5.15. The first kappa shape index (κ1) is 15.5. The molecule has 1 fully saturated rings. The number of amides is 1. The Balaban J connectivity index is 2.03. The van der Waals surface area contributed by atoms with Crippen LogP contribution in [-0.2, 0) is 4.74 Å². The summed E-state index contributed by atoms with van der Waals surface area (Å²) in [5, 5.41) is 8.75. The number of hydrogen-bond donors (Lipinski definition) is 0. The SMILES string of the molecule is COCCC1CCCCN(C(=O)c2ccc(C#N)nc2)C1. The van der Waals surface area contributed by atoms with E-state index >= 15 is 0 Å². The average molecular weight is 287 g/mol. The van der Waals surface area contributed by atoms with E-state index in [0.717, 1.165) is 45.4 Å². The Morgan fingerprint density at radius 2 is 2.38 bits per heavy atom. The van der Waals surface area contributed by atoms with Gasteiger partial charge in [0.05, 0.1) is 5.56 Å². The van der Waals surface area contributed by atoms with Gasteiger partial charge in [0, 0.05) is 33.0 Å². The van der Waals surface area contributed by atoms with Gasteiger partial charge >= 0.3 is 0 Å². The fourth-order valence-electron chi connectivity index (χ4n) is 2.70. The second-order valence-electron chi connectivity index (χ2n) is 5.44. The Hall–Kier alpha value is -1.93. The highest BCUT2D eigenvalue weighted by Gasteiger charge is 2.23. The minimum Gasteiger partial charge on any atom is -0.385 e. The summed E-state index contributed by atoms with van der Waals surface area (Å²) in [7, 11) is 1.71. The van der Waals surface area contributed by atoms with Crippen molar-refractivity contribution >= 4 is 5.91 Å². The van der Waals surface area contributed by atoms with Gasteiger partial charge in [-0.15, -0.1) is 0 Å². The van der Waals surface area contributed by atoms with Gasteiger partial charge in [-0.05, 0) is 37.3 Å². The quantitative estimate of drug-likeness (QED) is 0.851. The number of carbonyl (C=O) groups excluding carboxylic acids is 1. The van der Waals surface area contributed by atoms with Crippen LogP contribution in [0.15, 0.2) is 18.3 Å². The number of aromatic nitrogens is 1. The number of nitriles is 1. The van der Waals surface area contributed by atoms with E-state index in [9.17, 15) is 4.79 Å². The van der Waals surface area contributed by atoms with Gasteiger partial charge < -0.3 is 9.64 Å². The van der Waals surface area contributed by atoms with Gasteiger partial charge in [-0.25, -0.2) is 4.98 Å². The van der Waals surface area contributed by atoms with E-state index in [-0.39, 0.29) is 5.91 Å². The summed E-state index contributed by atoms with van der Waals surface area (Å²) in [6.07, 6.45) is 5.84. The molecule has 1 aliphatic rings. The third kappa shape index (κ3) is 4.27. The average Bonchev–Trinajstić information content (AvgIpc) is 2.78. The van der Waals surface area contributed by atoms with Crippen molar-refractivity contribution in [3.63, 3.8) is 0 Å². The van der Waals surface area contributed by atoms with Crippen molar-refractivity contribution in [2.45, 2.75) is 25.7 Å². The van der Waals surface area contributed by atoms with Gasteiger partial charge in [0.15, 0.2) is 0 Å². The van der Waals surface area contributed by atoms with E-state index in [2.05, 4.69) is 4.98 Å². The molecule has 0 aliphatic carbocycles. The zero-order valence-corrected chi connectivity index (χ0v) is 12.4. The second-order valence-corrected chi connectivity index (χ2v) is 5.44. The number of pyridine rings is 1.